The summed E-state index contributed by atoms with van der Waals surface area (Å²) >= 11 is 0. The number of benzene rings is 3. The lowest BCUT2D eigenvalue weighted by atomic mass is 9.96. The zero-order valence-electron chi connectivity index (χ0n) is 19.9. The maximum Gasteiger partial charge on any atom is 0.243 e. The van der Waals surface area contributed by atoms with Crippen molar-refractivity contribution in [2.75, 3.05) is 38.7 Å². The summed E-state index contributed by atoms with van der Waals surface area (Å²) < 4.78 is 38.5. The van der Waals surface area contributed by atoms with Crippen molar-refractivity contribution < 1.29 is 22.7 Å². The fourth-order valence-corrected chi connectivity index (χ4v) is 5.63. The van der Waals surface area contributed by atoms with Gasteiger partial charge in [-0.2, -0.15) is 4.31 Å². The van der Waals surface area contributed by atoms with E-state index < -0.39 is 16.1 Å². The van der Waals surface area contributed by atoms with Crippen LogP contribution in [0, 0.1) is 6.92 Å². The molecule has 0 bridgehead atoms. The summed E-state index contributed by atoms with van der Waals surface area (Å²) in [5.41, 5.74) is 3.20. The van der Waals surface area contributed by atoms with Crippen molar-refractivity contribution in [1.29, 1.82) is 0 Å². The standard InChI is InChI=1S/C27H30N2O5S/c1-20-11-12-26(33-2)22(17-20)18-25(30)27(21-7-4-3-5-8-21)28-23-9-6-10-24(19-23)35(31,32)29-13-15-34-16-14-29/h3-12,17,19,27-28H,13-16,18H2,1-2H3. The zero-order valence-corrected chi connectivity index (χ0v) is 20.8. The first-order chi connectivity index (χ1) is 16.9. The molecule has 0 saturated carbocycles. The Kier molecular flexibility index (Phi) is 7.85. The van der Waals surface area contributed by atoms with Gasteiger partial charge in [0, 0.05) is 30.8 Å². The van der Waals surface area contributed by atoms with Crippen LogP contribution in [0.1, 0.15) is 22.7 Å². The largest absolute Gasteiger partial charge is 0.496 e. The number of ether oxygens (including phenoxy) is 2. The molecule has 0 radical (unpaired) electrons. The molecule has 3 aromatic carbocycles. The fourth-order valence-electron chi connectivity index (χ4n) is 4.18. The number of carbonyl (C=O) groups is 1. The fraction of sp³-hybridized carbons (Fsp3) is 0.296. The Balaban J connectivity index is 1.62. The second-order valence-corrected chi connectivity index (χ2v) is 10.4. The average molecular weight is 495 g/mol. The summed E-state index contributed by atoms with van der Waals surface area (Å²) in [4.78, 5) is 13.8. The van der Waals surface area contributed by atoms with Crippen LogP contribution in [0.4, 0.5) is 5.69 Å². The van der Waals surface area contributed by atoms with Crippen molar-refractivity contribution in [2.24, 2.45) is 0 Å². The second kappa shape index (κ2) is 11.0. The second-order valence-electron chi connectivity index (χ2n) is 8.49. The van der Waals surface area contributed by atoms with Gasteiger partial charge in [0.25, 0.3) is 0 Å². The predicted molar refractivity (Wildman–Crippen MR) is 135 cm³/mol. The number of anilines is 1. The van der Waals surface area contributed by atoms with Gasteiger partial charge in [0.05, 0.1) is 25.2 Å². The lowest BCUT2D eigenvalue weighted by Gasteiger charge is -2.26. The van der Waals surface area contributed by atoms with Crippen molar-refractivity contribution in [1.82, 2.24) is 4.31 Å². The predicted octanol–water partition coefficient (Wildman–Crippen LogP) is 3.99. The number of rotatable bonds is 9. The molecule has 3 aromatic rings. The van der Waals surface area contributed by atoms with E-state index in [0.29, 0.717) is 37.7 Å². The van der Waals surface area contributed by atoms with E-state index in [0.717, 1.165) is 16.7 Å². The first-order valence-corrected chi connectivity index (χ1v) is 13.0. The number of nitrogens with zero attached hydrogens (tertiary/aromatic N) is 1. The summed E-state index contributed by atoms with van der Waals surface area (Å²) in [6.07, 6.45) is 0.170. The SMILES string of the molecule is COc1ccc(C)cc1CC(=O)C(Nc1cccc(S(=O)(=O)N2CCOCC2)c1)c1ccccc1. The Bertz CT molecular complexity index is 1270. The third-order valence-electron chi connectivity index (χ3n) is 6.01. The Morgan fingerprint density at radius 2 is 1.77 bits per heavy atom. The molecule has 7 nitrogen and oxygen atoms in total. The van der Waals surface area contributed by atoms with Gasteiger partial charge in [0.2, 0.25) is 10.0 Å². The van der Waals surface area contributed by atoms with Gasteiger partial charge in [0.15, 0.2) is 5.78 Å². The van der Waals surface area contributed by atoms with Crippen LogP contribution >= 0.6 is 0 Å². The smallest absolute Gasteiger partial charge is 0.243 e. The Morgan fingerprint density at radius 3 is 2.49 bits per heavy atom. The molecule has 1 atom stereocenters. The van der Waals surface area contributed by atoms with Crippen LogP contribution in [0.15, 0.2) is 77.7 Å². The number of Topliss-reactive ketones (excluding diaryl/α,β-unsaturated/α-hetero) is 1. The molecule has 184 valence electrons. The third-order valence-corrected chi connectivity index (χ3v) is 7.90. The number of aryl methyl sites for hydroxylation is 1. The highest BCUT2D eigenvalue weighted by Crippen LogP contribution is 2.28. The summed E-state index contributed by atoms with van der Waals surface area (Å²) in [6, 6.07) is 21.1. The molecule has 0 aliphatic carbocycles. The van der Waals surface area contributed by atoms with Crippen LogP contribution in [0.5, 0.6) is 5.75 Å². The maximum atomic E-state index is 13.6. The highest BCUT2D eigenvalue weighted by Gasteiger charge is 2.27. The molecule has 1 N–H and O–H groups in total. The molecule has 0 spiro atoms. The van der Waals surface area contributed by atoms with E-state index in [2.05, 4.69) is 5.32 Å². The molecule has 35 heavy (non-hydrogen) atoms. The molecule has 1 saturated heterocycles. The van der Waals surface area contributed by atoms with Gasteiger partial charge in [-0.15, -0.1) is 0 Å². The number of sulfonamides is 1. The van der Waals surface area contributed by atoms with Gasteiger partial charge in [-0.05, 0) is 36.8 Å². The van der Waals surface area contributed by atoms with E-state index in [1.807, 2.05) is 55.5 Å². The molecule has 4 rings (SSSR count). The van der Waals surface area contributed by atoms with E-state index in [9.17, 15) is 13.2 Å². The van der Waals surface area contributed by atoms with Gasteiger partial charge >= 0.3 is 0 Å². The normalized spacial score (nSPS) is 15.4. The minimum absolute atomic E-state index is 0.0541. The number of morpholine rings is 1. The number of hydrogen-bond acceptors (Lipinski definition) is 6. The highest BCUT2D eigenvalue weighted by molar-refractivity contribution is 7.89. The monoisotopic (exact) mass is 494 g/mol. The van der Waals surface area contributed by atoms with Gasteiger partial charge in [-0.25, -0.2) is 8.42 Å². The van der Waals surface area contributed by atoms with Gasteiger partial charge in [0.1, 0.15) is 11.8 Å². The molecular weight excluding hydrogens is 464 g/mol. The highest BCUT2D eigenvalue weighted by atomic mass is 32.2. The summed E-state index contributed by atoms with van der Waals surface area (Å²) in [5, 5.41) is 3.28. The lowest BCUT2D eigenvalue weighted by Crippen LogP contribution is -2.40. The Morgan fingerprint density at radius 1 is 1.03 bits per heavy atom. The molecule has 1 aliphatic heterocycles. The van der Waals surface area contributed by atoms with Crippen LogP contribution in [0.2, 0.25) is 0 Å². The maximum absolute atomic E-state index is 13.6. The number of hydrogen-bond donors (Lipinski definition) is 1. The van der Waals surface area contributed by atoms with Crippen LogP contribution in [0.3, 0.4) is 0 Å². The molecule has 0 aromatic heterocycles. The minimum atomic E-state index is -3.66. The van der Waals surface area contributed by atoms with E-state index >= 15 is 0 Å². The Hall–Kier alpha value is -3.20. The topological polar surface area (TPSA) is 84.9 Å². The molecule has 8 heteroatoms. The van der Waals surface area contributed by atoms with Gasteiger partial charge in [-0.3, -0.25) is 4.79 Å². The lowest BCUT2D eigenvalue weighted by molar-refractivity contribution is -0.119. The van der Waals surface area contributed by atoms with Gasteiger partial charge < -0.3 is 14.8 Å². The molecular formula is C27H30N2O5S. The number of carbonyl (C=O) groups excluding carboxylic acids is 1. The van der Waals surface area contributed by atoms with Crippen LogP contribution in [-0.4, -0.2) is 51.9 Å². The molecule has 0 amide bonds. The van der Waals surface area contributed by atoms with Crippen molar-refractivity contribution in [2.45, 2.75) is 24.3 Å². The van der Waals surface area contributed by atoms with Crippen molar-refractivity contribution in [3.05, 3.63) is 89.5 Å². The summed E-state index contributed by atoms with van der Waals surface area (Å²) in [5.74, 6) is 0.607. The summed E-state index contributed by atoms with van der Waals surface area (Å²) in [6.45, 7) is 3.38. The molecule has 1 fully saturated rings. The van der Waals surface area contributed by atoms with Crippen LogP contribution in [0.25, 0.3) is 0 Å². The van der Waals surface area contributed by atoms with Crippen LogP contribution < -0.4 is 10.1 Å². The van der Waals surface area contributed by atoms with Gasteiger partial charge in [-0.1, -0.05) is 54.1 Å². The quantitative estimate of drug-likeness (QED) is 0.484. The van der Waals surface area contributed by atoms with E-state index in [1.54, 1.807) is 31.4 Å². The Labute approximate surface area is 206 Å². The first kappa shape index (κ1) is 24.9. The zero-order chi connectivity index (χ0) is 24.8. The molecule has 1 unspecified atom stereocenters. The van der Waals surface area contributed by atoms with E-state index in [1.165, 1.54) is 4.31 Å². The summed E-state index contributed by atoms with van der Waals surface area (Å²) in [7, 11) is -2.07. The number of nitrogens with one attached hydrogen (secondary N) is 1. The van der Waals surface area contributed by atoms with E-state index in [4.69, 9.17) is 9.47 Å². The van der Waals surface area contributed by atoms with Crippen LogP contribution in [-0.2, 0) is 26.0 Å². The van der Waals surface area contributed by atoms with E-state index in [-0.39, 0.29) is 17.1 Å². The van der Waals surface area contributed by atoms with Crippen molar-refractivity contribution >= 4 is 21.5 Å². The molecule has 1 heterocycles. The molecule has 1 aliphatic rings. The third kappa shape index (κ3) is 5.90. The first-order valence-electron chi connectivity index (χ1n) is 11.5. The number of ketones is 1. The minimum Gasteiger partial charge on any atom is -0.496 e. The van der Waals surface area contributed by atoms with Crippen molar-refractivity contribution in [3.63, 3.8) is 0 Å². The van der Waals surface area contributed by atoms with Crippen molar-refractivity contribution in [3.8, 4) is 5.75 Å². The average Bonchev–Trinajstić information content (AvgIpc) is 2.88. The number of methoxy groups -OCH3 is 1.